The molecule has 0 saturated carbocycles. The number of ether oxygens (including phenoxy) is 1. The lowest BCUT2D eigenvalue weighted by atomic mass is 9.89. The fourth-order valence-corrected chi connectivity index (χ4v) is 2.21. The average Bonchev–Trinajstić information content (AvgIpc) is 2.35. The van der Waals surface area contributed by atoms with Crippen LogP contribution in [0.15, 0.2) is 24.3 Å². The first kappa shape index (κ1) is 12.1. The predicted octanol–water partition coefficient (Wildman–Crippen LogP) is 2.80. The molecule has 2 atom stereocenters. The molecule has 1 N–H and O–H groups in total. The third-order valence-electron chi connectivity index (χ3n) is 3.28. The molecule has 0 aliphatic heterocycles. The Morgan fingerprint density at radius 1 is 1.53 bits per heavy atom. The van der Waals surface area contributed by atoms with E-state index in [-0.39, 0.29) is 12.7 Å². The Hall–Kier alpha value is -1.35. The SMILES string of the molecule is CC(COC1CCCc2ccccc21)C(=O)O. The predicted molar refractivity (Wildman–Crippen MR) is 64.9 cm³/mol. The Kier molecular flexibility index (Phi) is 3.79. The largest absolute Gasteiger partial charge is 0.481 e. The van der Waals surface area contributed by atoms with Crippen molar-refractivity contribution in [3.8, 4) is 0 Å². The maximum Gasteiger partial charge on any atom is 0.308 e. The number of benzene rings is 1. The topological polar surface area (TPSA) is 46.5 Å². The van der Waals surface area contributed by atoms with Crippen LogP contribution in [0.1, 0.15) is 37.0 Å². The first-order chi connectivity index (χ1) is 8.18. The molecule has 2 unspecified atom stereocenters. The van der Waals surface area contributed by atoms with Crippen molar-refractivity contribution in [1.29, 1.82) is 0 Å². The van der Waals surface area contributed by atoms with Crippen LogP contribution in [0.4, 0.5) is 0 Å². The molecule has 17 heavy (non-hydrogen) atoms. The van der Waals surface area contributed by atoms with Crippen LogP contribution in [0, 0.1) is 5.92 Å². The van der Waals surface area contributed by atoms with Gasteiger partial charge in [-0.05, 0) is 37.3 Å². The minimum atomic E-state index is -0.797. The van der Waals surface area contributed by atoms with Crippen LogP contribution in [0.3, 0.4) is 0 Å². The summed E-state index contributed by atoms with van der Waals surface area (Å²) in [4.78, 5) is 10.7. The number of hydrogen-bond acceptors (Lipinski definition) is 2. The van der Waals surface area contributed by atoms with Crippen molar-refractivity contribution in [3.63, 3.8) is 0 Å². The van der Waals surface area contributed by atoms with Crippen LogP contribution in [0.2, 0.25) is 0 Å². The molecule has 0 saturated heterocycles. The highest BCUT2D eigenvalue weighted by molar-refractivity contribution is 5.69. The second kappa shape index (κ2) is 5.32. The first-order valence-electron chi connectivity index (χ1n) is 6.10. The van der Waals surface area contributed by atoms with Crippen LogP contribution in [-0.4, -0.2) is 17.7 Å². The van der Waals surface area contributed by atoms with Crippen molar-refractivity contribution >= 4 is 5.97 Å². The number of aryl methyl sites for hydroxylation is 1. The number of fused-ring (bicyclic) bond motifs is 1. The Labute approximate surface area is 101 Å². The summed E-state index contributed by atoms with van der Waals surface area (Å²) in [5.74, 6) is -1.24. The van der Waals surface area contributed by atoms with Gasteiger partial charge in [0.25, 0.3) is 0 Å². The van der Waals surface area contributed by atoms with Crippen molar-refractivity contribution in [1.82, 2.24) is 0 Å². The van der Waals surface area contributed by atoms with Gasteiger partial charge >= 0.3 is 5.97 Å². The molecule has 0 radical (unpaired) electrons. The highest BCUT2D eigenvalue weighted by atomic mass is 16.5. The zero-order valence-corrected chi connectivity index (χ0v) is 10.1. The summed E-state index contributed by atoms with van der Waals surface area (Å²) in [7, 11) is 0. The van der Waals surface area contributed by atoms with Gasteiger partial charge in [0.15, 0.2) is 0 Å². The van der Waals surface area contributed by atoms with Crippen molar-refractivity contribution in [3.05, 3.63) is 35.4 Å². The summed E-state index contributed by atoms with van der Waals surface area (Å²) in [6.07, 6.45) is 3.28. The van der Waals surface area contributed by atoms with Gasteiger partial charge in [0.2, 0.25) is 0 Å². The smallest absolute Gasteiger partial charge is 0.308 e. The standard InChI is InChI=1S/C14H18O3/c1-10(14(15)16)9-17-13-8-4-6-11-5-2-3-7-12(11)13/h2-3,5,7,10,13H,4,6,8-9H2,1H3,(H,15,16). The van der Waals surface area contributed by atoms with Crippen molar-refractivity contribution < 1.29 is 14.6 Å². The lowest BCUT2D eigenvalue weighted by Gasteiger charge is -2.26. The van der Waals surface area contributed by atoms with E-state index in [9.17, 15) is 4.79 Å². The fourth-order valence-electron chi connectivity index (χ4n) is 2.21. The van der Waals surface area contributed by atoms with E-state index in [2.05, 4.69) is 12.1 Å². The summed E-state index contributed by atoms with van der Waals surface area (Å²) >= 11 is 0. The van der Waals surface area contributed by atoms with Crippen LogP contribution in [0.25, 0.3) is 0 Å². The third-order valence-corrected chi connectivity index (χ3v) is 3.28. The maximum atomic E-state index is 10.7. The molecule has 92 valence electrons. The molecule has 3 nitrogen and oxygen atoms in total. The molecule has 2 rings (SSSR count). The van der Waals surface area contributed by atoms with Crippen molar-refractivity contribution in [2.24, 2.45) is 5.92 Å². The molecule has 0 heterocycles. The zero-order chi connectivity index (χ0) is 12.3. The van der Waals surface area contributed by atoms with Gasteiger partial charge in [-0.25, -0.2) is 0 Å². The molecule has 1 aromatic carbocycles. The van der Waals surface area contributed by atoms with Crippen LogP contribution >= 0.6 is 0 Å². The van der Waals surface area contributed by atoms with E-state index >= 15 is 0 Å². The number of carboxylic acids is 1. The van der Waals surface area contributed by atoms with Crippen molar-refractivity contribution in [2.75, 3.05) is 6.61 Å². The van der Waals surface area contributed by atoms with Crippen LogP contribution in [-0.2, 0) is 16.0 Å². The van der Waals surface area contributed by atoms with Gasteiger partial charge in [-0.3, -0.25) is 4.79 Å². The number of rotatable bonds is 4. The van der Waals surface area contributed by atoms with E-state index in [0.29, 0.717) is 0 Å². The first-order valence-corrected chi connectivity index (χ1v) is 6.10. The Balaban J connectivity index is 2.01. The normalized spacial score (nSPS) is 20.6. The number of carboxylic acid groups (broad SMARTS) is 1. The van der Waals surface area contributed by atoms with Gasteiger partial charge < -0.3 is 9.84 Å². The average molecular weight is 234 g/mol. The van der Waals surface area contributed by atoms with Crippen LogP contribution < -0.4 is 0 Å². The molecule has 0 aromatic heterocycles. The minimum Gasteiger partial charge on any atom is -0.481 e. The Morgan fingerprint density at radius 2 is 2.29 bits per heavy atom. The molecule has 0 fully saturated rings. The lowest BCUT2D eigenvalue weighted by molar-refractivity contribution is -0.144. The molecular formula is C14H18O3. The maximum absolute atomic E-state index is 10.7. The van der Waals surface area contributed by atoms with E-state index in [1.54, 1.807) is 6.92 Å². The molecular weight excluding hydrogens is 216 g/mol. The zero-order valence-electron chi connectivity index (χ0n) is 10.1. The molecule has 0 bridgehead atoms. The summed E-state index contributed by atoms with van der Waals surface area (Å²) < 4.78 is 5.75. The molecule has 0 amide bonds. The summed E-state index contributed by atoms with van der Waals surface area (Å²) in [6, 6.07) is 8.28. The fraction of sp³-hybridized carbons (Fsp3) is 0.500. The van der Waals surface area contributed by atoms with E-state index in [0.717, 1.165) is 19.3 Å². The van der Waals surface area contributed by atoms with Crippen molar-refractivity contribution in [2.45, 2.75) is 32.3 Å². The molecule has 1 aliphatic carbocycles. The molecule has 3 heteroatoms. The Bertz CT molecular complexity index is 400. The molecule has 1 aliphatic rings. The highest BCUT2D eigenvalue weighted by Gasteiger charge is 2.22. The van der Waals surface area contributed by atoms with Gasteiger partial charge in [0.05, 0.1) is 18.6 Å². The van der Waals surface area contributed by atoms with Gasteiger partial charge in [-0.2, -0.15) is 0 Å². The number of hydrogen-bond donors (Lipinski definition) is 1. The van der Waals surface area contributed by atoms with Gasteiger partial charge in [0, 0.05) is 0 Å². The second-order valence-electron chi connectivity index (χ2n) is 4.65. The van der Waals surface area contributed by atoms with E-state index in [4.69, 9.17) is 9.84 Å². The second-order valence-corrected chi connectivity index (χ2v) is 4.65. The van der Waals surface area contributed by atoms with E-state index in [1.165, 1.54) is 11.1 Å². The summed E-state index contributed by atoms with van der Waals surface area (Å²) in [5, 5.41) is 8.83. The quantitative estimate of drug-likeness (QED) is 0.871. The third kappa shape index (κ3) is 2.86. The molecule has 0 spiro atoms. The van der Waals surface area contributed by atoms with Gasteiger partial charge in [-0.1, -0.05) is 24.3 Å². The molecule has 1 aromatic rings. The van der Waals surface area contributed by atoms with Gasteiger partial charge in [-0.15, -0.1) is 0 Å². The minimum absolute atomic E-state index is 0.0711. The van der Waals surface area contributed by atoms with E-state index < -0.39 is 11.9 Å². The highest BCUT2D eigenvalue weighted by Crippen LogP contribution is 2.32. The number of aliphatic carboxylic acids is 1. The summed E-state index contributed by atoms with van der Waals surface area (Å²) in [6.45, 7) is 1.96. The van der Waals surface area contributed by atoms with E-state index in [1.807, 2.05) is 12.1 Å². The van der Waals surface area contributed by atoms with Crippen LogP contribution in [0.5, 0.6) is 0 Å². The Morgan fingerprint density at radius 3 is 3.06 bits per heavy atom. The van der Waals surface area contributed by atoms with Gasteiger partial charge in [0.1, 0.15) is 0 Å². The lowest BCUT2D eigenvalue weighted by Crippen LogP contribution is -2.20. The monoisotopic (exact) mass is 234 g/mol. The summed E-state index contributed by atoms with van der Waals surface area (Å²) in [5.41, 5.74) is 2.57. The number of carbonyl (C=O) groups is 1.